The third kappa shape index (κ3) is 2.72. The molecule has 0 atom stereocenters. The second-order valence-corrected chi connectivity index (χ2v) is 2.44. The molecule has 0 saturated heterocycles. The molecule has 0 aliphatic heterocycles. The molecular formula is C8H11N3O2. The number of nitrogens with zero attached hydrogens (tertiary/aromatic N) is 1. The van der Waals surface area contributed by atoms with Crippen molar-refractivity contribution in [1.82, 2.24) is 4.98 Å². The normalized spacial score (nSPS) is 9.62. The zero-order chi connectivity index (χ0) is 9.68. The van der Waals surface area contributed by atoms with Crippen LogP contribution in [0.1, 0.15) is 0 Å². The third-order valence-corrected chi connectivity index (χ3v) is 1.40. The van der Waals surface area contributed by atoms with Crippen molar-refractivity contribution in [2.45, 2.75) is 0 Å². The molecule has 0 aliphatic rings. The van der Waals surface area contributed by atoms with Gasteiger partial charge >= 0.3 is 0 Å². The van der Waals surface area contributed by atoms with E-state index in [4.69, 9.17) is 5.73 Å². The highest BCUT2D eigenvalue weighted by molar-refractivity contribution is 5.94. The smallest absolute Gasteiger partial charge is 0.250 e. The summed E-state index contributed by atoms with van der Waals surface area (Å²) in [6.45, 7) is 0.0156. The van der Waals surface area contributed by atoms with Crippen LogP contribution in [0, 0.1) is 0 Å². The number of anilines is 2. The van der Waals surface area contributed by atoms with Crippen molar-refractivity contribution < 1.29 is 9.53 Å². The summed E-state index contributed by atoms with van der Waals surface area (Å²) in [5, 5.41) is 2.58. The van der Waals surface area contributed by atoms with E-state index in [2.05, 4.69) is 15.0 Å². The van der Waals surface area contributed by atoms with Crippen molar-refractivity contribution in [3.05, 3.63) is 18.5 Å². The number of carbonyl (C=O) groups is 1. The fourth-order valence-electron chi connectivity index (χ4n) is 0.838. The summed E-state index contributed by atoms with van der Waals surface area (Å²) in [6, 6.07) is 1.63. The number of nitrogens with one attached hydrogen (secondary N) is 1. The van der Waals surface area contributed by atoms with Crippen molar-refractivity contribution >= 4 is 17.3 Å². The number of amides is 1. The minimum atomic E-state index is -0.236. The van der Waals surface area contributed by atoms with Gasteiger partial charge in [0.2, 0.25) is 5.91 Å². The van der Waals surface area contributed by atoms with Gasteiger partial charge in [0.25, 0.3) is 0 Å². The highest BCUT2D eigenvalue weighted by Gasteiger charge is 2.03. The highest BCUT2D eigenvalue weighted by atomic mass is 16.5. The van der Waals surface area contributed by atoms with Crippen molar-refractivity contribution in [3.8, 4) is 0 Å². The van der Waals surface area contributed by atoms with Gasteiger partial charge in [0, 0.05) is 13.3 Å². The number of hydrogen-bond acceptors (Lipinski definition) is 4. The van der Waals surface area contributed by atoms with Crippen LogP contribution in [0.3, 0.4) is 0 Å². The van der Waals surface area contributed by atoms with Crippen LogP contribution in [-0.2, 0) is 9.53 Å². The molecule has 0 spiro atoms. The van der Waals surface area contributed by atoms with Crippen LogP contribution in [0.2, 0.25) is 0 Å². The minimum absolute atomic E-state index is 0.0156. The van der Waals surface area contributed by atoms with Crippen LogP contribution >= 0.6 is 0 Å². The Kier molecular flexibility index (Phi) is 3.22. The van der Waals surface area contributed by atoms with Gasteiger partial charge in [0.15, 0.2) is 0 Å². The van der Waals surface area contributed by atoms with Gasteiger partial charge < -0.3 is 15.8 Å². The van der Waals surface area contributed by atoms with Gasteiger partial charge in [-0.25, -0.2) is 0 Å². The predicted octanol–water partition coefficient (Wildman–Crippen LogP) is 0.249. The van der Waals surface area contributed by atoms with Gasteiger partial charge in [-0.1, -0.05) is 0 Å². The standard InChI is InChI=1S/C8H11N3O2/c1-13-5-8(12)11-7-2-3-10-4-6(7)9/h2-4H,5,9H2,1H3,(H,10,11,12). The van der Waals surface area contributed by atoms with Crippen molar-refractivity contribution in [1.29, 1.82) is 0 Å². The number of rotatable bonds is 3. The summed E-state index contributed by atoms with van der Waals surface area (Å²) in [5.41, 5.74) is 6.54. The Morgan fingerprint density at radius 3 is 3.15 bits per heavy atom. The summed E-state index contributed by atoms with van der Waals surface area (Å²) in [7, 11) is 1.45. The molecule has 0 bridgehead atoms. The van der Waals surface area contributed by atoms with Crippen molar-refractivity contribution in [3.63, 3.8) is 0 Å². The lowest BCUT2D eigenvalue weighted by atomic mass is 10.3. The van der Waals surface area contributed by atoms with Gasteiger partial charge in [-0.05, 0) is 6.07 Å². The summed E-state index contributed by atoms with van der Waals surface area (Å²) in [6.07, 6.45) is 3.03. The van der Waals surface area contributed by atoms with E-state index >= 15 is 0 Å². The first-order valence-corrected chi connectivity index (χ1v) is 3.72. The van der Waals surface area contributed by atoms with E-state index in [1.54, 1.807) is 12.3 Å². The van der Waals surface area contributed by atoms with E-state index in [0.717, 1.165) is 0 Å². The molecule has 3 N–H and O–H groups in total. The molecule has 1 rings (SSSR count). The largest absolute Gasteiger partial charge is 0.396 e. The van der Waals surface area contributed by atoms with Gasteiger partial charge in [-0.3, -0.25) is 9.78 Å². The molecule has 0 saturated carbocycles. The number of carbonyl (C=O) groups excluding carboxylic acids is 1. The van der Waals surface area contributed by atoms with Crippen LogP contribution in [-0.4, -0.2) is 24.6 Å². The minimum Gasteiger partial charge on any atom is -0.396 e. The molecule has 1 aromatic heterocycles. The van der Waals surface area contributed by atoms with Crippen LogP contribution in [0.4, 0.5) is 11.4 Å². The van der Waals surface area contributed by atoms with E-state index in [1.807, 2.05) is 0 Å². The molecule has 0 aromatic carbocycles. The summed E-state index contributed by atoms with van der Waals surface area (Å²) < 4.78 is 4.65. The average molecular weight is 181 g/mol. The molecule has 5 heteroatoms. The van der Waals surface area contributed by atoms with Gasteiger partial charge in [0.1, 0.15) is 6.61 Å². The lowest BCUT2D eigenvalue weighted by Gasteiger charge is -2.05. The molecular weight excluding hydrogens is 170 g/mol. The summed E-state index contributed by atoms with van der Waals surface area (Å²) >= 11 is 0. The summed E-state index contributed by atoms with van der Waals surface area (Å²) in [5.74, 6) is -0.236. The zero-order valence-corrected chi connectivity index (χ0v) is 7.28. The number of aromatic nitrogens is 1. The molecule has 13 heavy (non-hydrogen) atoms. The van der Waals surface area contributed by atoms with E-state index in [0.29, 0.717) is 11.4 Å². The van der Waals surface area contributed by atoms with Crippen LogP contribution in [0.15, 0.2) is 18.5 Å². The average Bonchev–Trinajstić information content (AvgIpc) is 2.09. The maximum atomic E-state index is 11.1. The zero-order valence-electron chi connectivity index (χ0n) is 7.28. The first-order chi connectivity index (χ1) is 6.24. The van der Waals surface area contributed by atoms with E-state index in [1.165, 1.54) is 13.3 Å². The number of pyridine rings is 1. The van der Waals surface area contributed by atoms with Gasteiger partial charge in [0.05, 0.1) is 17.6 Å². The Hall–Kier alpha value is -1.62. The molecule has 1 amide bonds. The van der Waals surface area contributed by atoms with Crippen molar-refractivity contribution in [2.24, 2.45) is 0 Å². The van der Waals surface area contributed by atoms with E-state index in [-0.39, 0.29) is 12.5 Å². The fourth-order valence-corrected chi connectivity index (χ4v) is 0.838. The quantitative estimate of drug-likeness (QED) is 0.700. The SMILES string of the molecule is COCC(=O)Nc1ccncc1N. The van der Waals surface area contributed by atoms with Crippen LogP contribution in [0.5, 0.6) is 0 Å². The molecule has 0 aliphatic carbocycles. The number of hydrogen-bond donors (Lipinski definition) is 2. The van der Waals surface area contributed by atoms with Crippen LogP contribution < -0.4 is 11.1 Å². The number of nitrogens with two attached hydrogens (primary N) is 1. The lowest BCUT2D eigenvalue weighted by molar-refractivity contribution is -0.119. The van der Waals surface area contributed by atoms with E-state index in [9.17, 15) is 4.79 Å². The van der Waals surface area contributed by atoms with Crippen molar-refractivity contribution in [2.75, 3.05) is 24.8 Å². The second-order valence-electron chi connectivity index (χ2n) is 2.44. The second kappa shape index (κ2) is 4.42. The molecule has 0 unspecified atom stereocenters. The van der Waals surface area contributed by atoms with Gasteiger partial charge in [-0.2, -0.15) is 0 Å². The topological polar surface area (TPSA) is 77.2 Å². The maximum Gasteiger partial charge on any atom is 0.250 e. The van der Waals surface area contributed by atoms with Crippen LogP contribution in [0.25, 0.3) is 0 Å². The molecule has 70 valence electrons. The monoisotopic (exact) mass is 181 g/mol. The Balaban J connectivity index is 2.63. The fraction of sp³-hybridized carbons (Fsp3) is 0.250. The first kappa shape index (κ1) is 9.47. The Bertz CT molecular complexity index is 301. The predicted molar refractivity (Wildman–Crippen MR) is 49.2 cm³/mol. The maximum absolute atomic E-state index is 11.1. The lowest BCUT2D eigenvalue weighted by Crippen LogP contribution is -2.17. The Morgan fingerprint density at radius 2 is 2.54 bits per heavy atom. The summed E-state index contributed by atoms with van der Waals surface area (Å²) in [4.78, 5) is 14.8. The molecule has 0 radical (unpaired) electrons. The molecule has 1 aromatic rings. The first-order valence-electron chi connectivity index (χ1n) is 3.72. The van der Waals surface area contributed by atoms with Gasteiger partial charge in [-0.15, -0.1) is 0 Å². The third-order valence-electron chi connectivity index (χ3n) is 1.40. The number of nitrogen functional groups attached to an aromatic ring is 1. The number of ether oxygens (including phenoxy) is 1. The Labute approximate surface area is 75.9 Å². The van der Waals surface area contributed by atoms with E-state index < -0.39 is 0 Å². The number of methoxy groups -OCH3 is 1. The Morgan fingerprint density at radius 1 is 1.77 bits per heavy atom. The highest BCUT2D eigenvalue weighted by Crippen LogP contribution is 2.14. The molecule has 0 fully saturated rings. The molecule has 1 heterocycles. The molecule has 5 nitrogen and oxygen atoms in total.